The Morgan fingerprint density at radius 3 is 2.20 bits per heavy atom. The van der Waals surface area contributed by atoms with Gasteiger partial charge < -0.3 is 5.11 Å². The molecular formula is C9H10ClFO3S. The van der Waals surface area contributed by atoms with Crippen LogP contribution in [0.4, 0.5) is 4.39 Å². The Bertz CT molecular complexity index is 429. The Hall–Kier alpha value is -0.650. The molecule has 0 aliphatic rings. The third kappa shape index (κ3) is 3.15. The van der Waals surface area contributed by atoms with E-state index in [2.05, 4.69) is 0 Å². The van der Waals surface area contributed by atoms with Gasteiger partial charge in [0.25, 0.3) is 0 Å². The standard InChI is InChI=1S/C9H10ClFO3S/c1-15(13,14)9(10)8(12)6-2-4-7(11)5-3-6/h2-5,8-9,12H,1H3. The summed E-state index contributed by atoms with van der Waals surface area (Å²) >= 11 is 5.55. The molecule has 2 unspecified atom stereocenters. The van der Waals surface area contributed by atoms with Crippen LogP contribution in [0.5, 0.6) is 0 Å². The molecule has 15 heavy (non-hydrogen) atoms. The Kier molecular flexibility index (Phi) is 3.70. The summed E-state index contributed by atoms with van der Waals surface area (Å²) in [6, 6.07) is 4.84. The number of aliphatic hydroxyl groups excluding tert-OH is 1. The van der Waals surface area contributed by atoms with Crippen molar-refractivity contribution in [3.8, 4) is 0 Å². The first-order valence-corrected chi connectivity index (χ1v) is 6.48. The van der Waals surface area contributed by atoms with Crippen LogP contribution < -0.4 is 0 Å². The van der Waals surface area contributed by atoms with Crippen molar-refractivity contribution in [1.29, 1.82) is 0 Å². The van der Waals surface area contributed by atoms with Gasteiger partial charge in [-0.05, 0) is 17.7 Å². The summed E-state index contributed by atoms with van der Waals surface area (Å²) in [7, 11) is -3.54. The maximum Gasteiger partial charge on any atom is 0.167 e. The highest BCUT2D eigenvalue weighted by Crippen LogP contribution is 2.24. The largest absolute Gasteiger partial charge is 0.386 e. The quantitative estimate of drug-likeness (QED) is 0.829. The summed E-state index contributed by atoms with van der Waals surface area (Å²) in [6.45, 7) is 0. The number of benzene rings is 1. The van der Waals surface area contributed by atoms with Gasteiger partial charge in [0.15, 0.2) is 14.5 Å². The molecule has 0 saturated heterocycles. The van der Waals surface area contributed by atoms with Crippen LogP contribution in [0, 0.1) is 5.82 Å². The lowest BCUT2D eigenvalue weighted by molar-refractivity contribution is 0.192. The van der Waals surface area contributed by atoms with Gasteiger partial charge in [-0.3, -0.25) is 0 Å². The van der Waals surface area contributed by atoms with Gasteiger partial charge in [-0.15, -0.1) is 11.6 Å². The molecule has 0 heterocycles. The molecule has 1 aromatic rings. The van der Waals surface area contributed by atoms with Crippen LogP contribution >= 0.6 is 11.6 Å². The van der Waals surface area contributed by atoms with E-state index in [1.165, 1.54) is 12.1 Å². The number of sulfone groups is 1. The van der Waals surface area contributed by atoms with Crippen molar-refractivity contribution in [2.24, 2.45) is 0 Å². The minimum Gasteiger partial charge on any atom is -0.386 e. The van der Waals surface area contributed by atoms with Crippen molar-refractivity contribution in [3.05, 3.63) is 35.6 Å². The Morgan fingerprint density at radius 1 is 1.33 bits per heavy atom. The number of aliphatic hydroxyl groups is 1. The molecule has 0 bridgehead atoms. The third-order valence-electron chi connectivity index (χ3n) is 1.87. The van der Waals surface area contributed by atoms with Crippen molar-refractivity contribution < 1.29 is 17.9 Å². The second-order valence-corrected chi connectivity index (χ2v) is 6.07. The number of hydrogen-bond acceptors (Lipinski definition) is 3. The van der Waals surface area contributed by atoms with E-state index in [4.69, 9.17) is 11.6 Å². The van der Waals surface area contributed by atoms with Crippen LogP contribution in [-0.2, 0) is 9.84 Å². The lowest BCUT2D eigenvalue weighted by Gasteiger charge is -2.15. The lowest BCUT2D eigenvalue weighted by Crippen LogP contribution is -2.21. The second-order valence-electron chi connectivity index (χ2n) is 3.18. The van der Waals surface area contributed by atoms with Gasteiger partial charge in [-0.1, -0.05) is 12.1 Å². The fourth-order valence-electron chi connectivity index (χ4n) is 1.05. The van der Waals surface area contributed by atoms with E-state index in [1.807, 2.05) is 0 Å². The van der Waals surface area contributed by atoms with E-state index in [0.29, 0.717) is 0 Å². The van der Waals surface area contributed by atoms with Crippen LogP contribution in [0.25, 0.3) is 0 Å². The van der Waals surface area contributed by atoms with Crippen molar-refractivity contribution in [1.82, 2.24) is 0 Å². The lowest BCUT2D eigenvalue weighted by atomic mass is 10.1. The van der Waals surface area contributed by atoms with Gasteiger partial charge in [0.05, 0.1) is 0 Å². The van der Waals surface area contributed by atoms with E-state index in [0.717, 1.165) is 18.4 Å². The van der Waals surface area contributed by atoms with Crippen molar-refractivity contribution >= 4 is 21.4 Å². The molecule has 0 amide bonds. The van der Waals surface area contributed by atoms with Gasteiger partial charge >= 0.3 is 0 Å². The molecule has 6 heteroatoms. The number of hydrogen-bond donors (Lipinski definition) is 1. The van der Waals surface area contributed by atoms with E-state index < -0.39 is 26.5 Å². The topological polar surface area (TPSA) is 54.4 Å². The van der Waals surface area contributed by atoms with Crippen LogP contribution in [-0.4, -0.2) is 24.5 Å². The minimum absolute atomic E-state index is 0.266. The highest BCUT2D eigenvalue weighted by atomic mass is 35.5. The Balaban J connectivity index is 2.95. The molecule has 1 aromatic carbocycles. The third-order valence-corrected chi connectivity index (χ3v) is 4.15. The van der Waals surface area contributed by atoms with Gasteiger partial charge in [-0.25, -0.2) is 12.8 Å². The zero-order valence-electron chi connectivity index (χ0n) is 7.89. The molecule has 0 fully saturated rings. The van der Waals surface area contributed by atoms with E-state index >= 15 is 0 Å². The Labute approximate surface area is 92.4 Å². The highest BCUT2D eigenvalue weighted by Gasteiger charge is 2.27. The molecule has 3 nitrogen and oxygen atoms in total. The zero-order valence-corrected chi connectivity index (χ0v) is 9.46. The summed E-state index contributed by atoms with van der Waals surface area (Å²) in [5, 5.41) is 9.58. The average molecular weight is 253 g/mol. The molecule has 1 N–H and O–H groups in total. The van der Waals surface area contributed by atoms with E-state index in [9.17, 15) is 17.9 Å². The van der Waals surface area contributed by atoms with E-state index in [-0.39, 0.29) is 5.56 Å². The van der Waals surface area contributed by atoms with Crippen molar-refractivity contribution in [3.63, 3.8) is 0 Å². The first kappa shape index (κ1) is 12.4. The molecule has 0 aromatic heterocycles. The first-order valence-electron chi connectivity index (χ1n) is 4.09. The number of halogens is 2. The van der Waals surface area contributed by atoms with Crippen LogP contribution in [0.1, 0.15) is 11.7 Å². The molecule has 1 rings (SSSR count). The van der Waals surface area contributed by atoms with Crippen LogP contribution in [0.2, 0.25) is 0 Å². The maximum absolute atomic E-state index is 12.6. The predicted octanol–water partition coefficient (Wildman–Crippen LogP) is 1.47. The fraction of sp³-hybridized carbons (Fsp3) is 0.333. The molecule has 2 atom stereocenters. The molecule has 0 spiro atoms. The molecular weight excluding hydrogens is 243 g/mol. The molecule has 0 radical (unpaired) electrons. The van der Waals surface area contributed by atoms with Gasteiger partial charge in [0.2, 0.25) is 0 Å². The maximum atomic E-state index is 12.6. The summed E-state index contributed by atoms with van der Waals surface area (Å²) in [6.07, 6.45) is -0.431. The summed E-state index contributed by atoms with van der Waals surface area (Å²) in [5.74, 6) is -0.462. The first-order chi connectivity index (χ1) is 6.82. The van der Waals surface area contributed by atoms with Crippen molar-refractivity contribution in [2.45, 2.75) is 10.8 Å². The van der Waals surface area contributed by atoms with E-state index in [1.54, 1.807) is 0 Å². The van der Waals surface area contributed by atoms with Gasteiger partial charge in [0.1, 0.15) is 11.9 Å². The zero-order chi connectivity index (χ0) is 11.6. The summed E-state index contributed by atoms with van der Waals surface area (Å²) in [5.41, 5.74) is 0.266. The van der Waals surface area contributed by atoms with Crippen LogP contribution in [0.3, 0.4) is 0 Å². The van der Waals surface area contributed by atoms with Gasteiger partial charge in [0, 0.05) is 6.26 Å². The summed E-state index contributed by atoms with van der Waals surface area (Å²) in [4.78, 5) is 0. The minimum atomic E-state index is -3.54. The number of alkyl halides is 1. The average Bonchev–Trinajstić information content (AvgIpc) is 2.15. The predicted molar refractivity (Wildman–Crippen MR) is 55.8 cm³/mol. The summed E-state index contributed by atoms with van der Waals surface area (Å²) < 4.78 is 33.2. The fourth-order valence-corrected chi connectivity index (χ4v) is 1.82. The Morgan fingerprint density at radius 2 is 1.80 bits per heavy atom. The smallest absolute Gasteiger partial charge is 0.167 e. The van der Waals surface area contributed by atoms with Crippen LogP contribution in [0.15, 0.2) is 24.3 Å². The monoisotopic (exact) mass is 252 g/mol. The highest BCUT2D eigenvalue weighted by molar-refractivity contribution is 7.92. The van der Waals surface area contributed by atoms with Crippen molar-refractivity contribution in [2.75, 3.05) is 6.26 Å². The molecule has 84 valence electrons. The molecule has 0 saturated carbocycles. The second kappa shape index (κ2) is 4.47. The molecule has 0 aliphatic carbocycles. The molecule has 0 aliphatic heterocycles. The number of rotatable bonds is 3. The SMILES string of the molecule is CS(=O)(=O)C(Cl)C(O)c1ccc(F)cc1. The van der Waals surface area contributed by atoms with Gasteiger partial charge in [-0.2, -0.15) is 0 Å². The normalized spacial score (nSPS) is 16.0.